The molecule has 0 spiro atoms. The summed E-state index contributed by atoms with van der Waals surface area (Å²) in [5.74, 6) is 0. The van der Waals surface area contributed by atoms with Crippen LogP contribution in [0, 0.1) is 0 Å². The maximum Gasteiger partial charge on any atom is 0.673 e. The minimum Gasteiger partial charge on any atom is -0.418 e. The van der Waals surface area contributed by atoms with E-state index in [9.17, 15) is 65.0 Å². The second kappa shape index (κ2) is 16.3. The number of halogens is 15. The van der Waals surface area contributed by atoms with Crippen LogP contribution in [0.5, 0.6) is 0 Å². The first-order valence-corrected chi connectivity index (χ1v) is 4.27. The van der Waals surface area contributed by atoms with Crippen molar-refractivity contribution in [1.29, 1.82) is 0 Å². The van der Waals surface area contributed by atoms with Crippen LogP contribution < -0.4 is 0 Å². The van der Waals surface area contributed by atoms with Gasteiger partial charge in [-0.1, -0.05) is 0 Å². The fraction of sp³-hybridized carbons (Fsp3) is 1.00. The first-order valence-electron chi connectivity index (χ1n) is 3.61. The number of rotatable bonds is 0. The van der Waals surface area contributed by atoms with E-state index in [1.54, 1.807) is 0 Å². The first kappa shape index (κ1) is 32.8. The Hall–Kier alpha value is -1.04. The molecule has 21 heteroatoms. The predicted octanol–water partition coefficient (Wildman–Crippen LogP) is 4.41. The minimum absolute atomic E-state index is 0.750. The molecule has 0 atom stereocenters. The highest BCUT2D eigenvalue weighted by Gasteiger charge is 2.21. The van der Waals surface area contributed by atoms with Crippen LogP contribution in [0.4, 0.5) is 65.0 Å². The molecule has 0 aliphatic carbocycles. The molecule has 22 heavy (non-hydrogen) atoms. The summed E-state index contributed by atoms with van der Waals surface area (Å²) in [6.45, 7) is -3.67. The smallest absolute Gasteiger partial charge is 0.418 e. The molecule has 0 heterocycles. The van der Waals surface area contributed by atoms with Crippen molar-refractivity contribution in [2.24, 2.45) is 0 Å². The van der Waals surface area contributed by atoms with Gasteiger partial charge in [-0.3, -0.25) is 0 Å². The van der Waals surface area contributed by atoms with Crippen molar-refractivity contribution in [2.75, 3.05) is 0 Å². The van der Waals surface area contributed by atoms with Crippen molar-refractivity contribution >= 4 is 33.3 Å². The molecule has 140 valence electrons. The van der Waals surface area contributed by atoms with Crippen LogP contribution >= 0.6 is 0 Å². The molecule has 0 unspecified atom stereocenters. The summed E-state index contributed by atoms with van der Waals surface area (Å²) in [6.07, 6.45) is 0. The molecule has 0 fully saturated rings. The Kier molecular flexibility index (Phi) is 24.3. The first-order chi connectivity index (χ1) is 9.15. The average molecular weight is 394 g/mol. The van der Waals surface area contributed by atoms with E-state index >= 15 is 0 Å². The van der Waals surface area contributed by atoms with E-state index in [-0.39, 0.29) is 0 Å². The Morgan fingerprint density at radius 1 is 0.500 bits per heavy atom. The molecular formula is CHB3F15O2S-3. The lowest BCUT2D eigenvalue weighted by Crippen LogP contribution is -2.02. The Balaban J connectivity index is -0.0000000554. The molecule has 0 bridgehead atoms. The average Bonchev–Trinajstić information content (AvgIpc) is 1.89. The van der Waals surface area contributed by atoms with Crippen molar-refractivity contribution in [2.45, 2.75) is 6.68 Å². The highest BCUT2D eigenvalue weighted by atomic mass is 32.1. The zero-order valence-electron chi connectivity index (χ0n) is 9.20. The van der Waals surface area contributed by atoms with Gasteiger partial charge in [-0.05, 0) is 0 Å². The molecule has 0 aromatic heterocycles. The molecule has 0 aromatic carbocycles. The lowest BCUT2D eigenvalue weighted by Gasteiger charge is -1.94. The number of hydrogen-bond donors (Lipinski definition) is 0. The maximum absolute atomic E-state index is 9.75. The zero-order valence-corrected chi connectivity index (χ0v) is 10.0. The SMILES string of the molecule is FC(F)F.F[B-](F)(F)F.F[B-](F)(F)F.F[B-](F)(F)F.O=S=O. The second-order valence-corrected chi connectivity index (χ2v) is 1.94. The maximum atomic E-state index is 9.75. The number of hydrogen-bond acceptors (Lipinski definition) is 2. The van der Waals surface area contributed by atoms with E-state index in [0.717, 1.165) is 0 Å². The van der Waals surface area contributed by atoms with E-state index in [2.05, 4.69) is 0 Å². The van der Waals surface area contributed by atoms with Crippen LogP contribution in [0.2, 0.25) is 0 Å². The van der Waals surface area contributed by atoms with Crippen molar-refractivity contribution in [3.8, 4) is 0 Å². The molecule has 0 N–H and O–H groups in total. The van der Waals surface area contributed by atoms with E-state index < -0.39 is 40.0 Å². The molecule has 0 amide bonds. The standard InChI is InChI=1S/CHF3.3BF4.O2S/c2-1(3)4;3*2-1(3,4)5;1-3-2/h1H;;;;/q;3*-1;. The van der Waals surface area contributed by atoms with Gasteiger partial charge in [0.2, 0.25) is 0 Å². The summed E-state index contributed by atoms with van der Waals surface area (Å²) in [7, 11) is -18.0. The van der Waals surface area contributed by atoms with Gasteiger partial charge in [0.05, 0.1) is 0 Å². The molecule has 0 rings (SSSR count). The third-order valence-corrected chi connectivity index (χ3v) is 0. The van der Waals surface area contributed by atoms with Gasteiger partial charge in [-0.15, -0.1) is 0 Å². The predicted molar refractivity (Wildman–Crippen MR) is 46.6 cm³/mol. The minimum atomic E-state index is -6.00. The quantitative estimate of drug-likeness (QED) is 0.451. The van der Waals surface area contributed by atoms with Gasteiger partial charge in [-0.25, -0.2) is 0 Å². The summed E-state index contributed by atoms with van der Waals surface area (Å²) in [5.41, 5.74) is 0. The van der Waals surface area contributed by atoms with Gasteiger partial charge in [0.15, 0.2) is 0 Å². The van der Waals surface area contributed by atoms with E-state index in [1.807, 2.05) is 0 Å². The van der Waals surface area contributed by atoms with Crippen molar-refractivity contribution in [1.82, 2.24) is 0 Å². The van der Waals surface area contributed by atoms with Crippen molar-refractivity contribution in [3.05, 3.63) is 0 Å². The molecule has 0 aliphatic heterocycles. The molecule has 0 saturated heterocycles. The molecular weight excluding hydrogens is 393 g/mol. The van der Waals surface area contributed by atoms with E-state index in [4.69, 9.17) is 8.42 Å². The molecule has 0 saturated carbocycles. The van der Waals surface area contributed by atoms with Gasteiger partial charge in [0.1, 0.15) is 0 Å². The highest BCUT2D eigenvalue weighted by molar-refractivity contribution is 7.51. The fourth-order valence-corrected chi connectivity index (χ4v) is 0. The van der Waals surface area contributed by atoms with Crippen LogP contribution in [-0.2, 0) is 11.6 Å². The lowest BCUT2D eigenvalue weighted by atomic mass is 10.3. The van der Waals surface area contributed by atoms with Gasteiger partial charge in [-0.2, -0.15) is 21.6 Å². The Labute approximate surface area is 115 Å². The summed E-state index contributed by atoms with van der Waals surface area (Å²) in [5, 5.41) is 0. The summed E-state index contributed by atoms with van der Waals surface area (Å²) < 4.78 is 163. The van der Waals surface area contributed by atoms with Crippen LogP contribution in [-0.4, -0.2) is 36.9 Å². The van der Waals surface area contributed by atoms with Crippen molar-refractivity contribution in [3.63, 3.8) is 0 Å². The van der Waals surface area contributed by atoms with E-state index in [1.165, 1.54) is 0 Å². The van der Waals surface area contributed by atoms with Crippen LogP contribution in [0.15, 0.2) is 0 Å². The van der Waals surface area contributed by atoms with Gasteiger partial charge in [0.25, 0.3) is 0 Å². The third kappa shape index (κ3) is 5710. The van der Waals surface area contributed by atoms with Gasteiger partial charge >= 0.3 is 40.0 Å². The van der Waals surface area contributed by atoms with Gasteiger partial charge < -0.3 is 51.8 Å². The largest absolute Gasteiger partial charge is 0.673 e. The second-order valence-electron chi connectivity index (χ2n) is 1.80. The lowest BCUT2D eigenvalue weighted by molar-refractivity contribution is 0.00818. The topological polar surface area (TPSA) is 34.1 Å². The molecule has 2 nitrogen and oxygen atoms in total. The van der Waals surface area contributed by atoms with Crippen LogP contribution in [0.3, 0.4) is 0 Å². The van der Waals surface area contributed by atoms with Crippen molar-refractivity contribution < 1.29 is 73.4 Å². The summed E-state index contributed by atoms with van der Waals surface area (Å²) >= 11 is -0.750. The van der Waals surface area contributed by atoms with Crippen LogP contribution in [0.25, 0.3) is 0 Å². The normalized spacial score (nSPS) is 10.4. The summed E-state index contributed by atoms with van der Waals surface area (Å²) in [4.78, 5) is 0. The Morgan fingerprint density at radius 3 is 0.500 bits per heavy atom. The number of alkyl halides is 3. The Morgan fingerprint density at radius 2 is 0.500 bits per heavy atom. The Bertz CT molecular complexity index is 200. The van der Waals surface area contributed by atoms with E-state index in [0.29, 0.717) is 0 Å². The monoisotopic (exact) mass is 395 g/mol. The molecule has 0 aromatic rings. The summed E-state index contributed by atoms with van der Waals surface area (Å²) in [6, 6.07) is 0. The highest BCUT2D eigenvalue weighted by Crippen LogP contribution is 2.07. The fourth-order valence-electron chi connectivity index (χ4n) is 0. The zero-order chi connectivity index (χ0) is 19.8. The third-order valence-electron chi connectivity index (χ3n) is 0. The van der Waals surface area contributed by atoms with Crippen LogP contribution in [0.1, 0.15) is 0 Å². The molecule has 0 radical (unpaired) electrons. The molecule has 0 aliphatic rings. The van der Waals surface area contributed by atoms with Gasteiger partial charge in [0, 0.05) is 0 Å².